The quantitative estimate of drug-likeness (QED) is 0.385. The number of carbonyl (C=O) groups excluding carboxylic acids is 1. The van der Waals surface area contributed by atoms with E-state index in [0.717, 1.165) is 54.1 Å². The van der Waals surface area contributed by atoms with Gasteiger partial charge in [-0.2, -0.15) is 0 Å². The van der Waals surface area contributed by atoms with E-state index in [1.54, 1.807) is 24.5 Å². The Bertz CT molecular complexity index is 1460. The Labute approximate surface area is 202 Å². The summed E-state index contributed by atoms with van der Waals surface area (Å²) >= 11 is 0. The molecule has 176 valence electrons. The third-order valence-corrected chi connectivity index (χ3v) is 6.80. The molecule has 35 heavy (non-hydrogen) atoms. The van der Waals surface area contributed by atoms with Crippen molar-refractivity contribution in [3.8, 4) is 17.2 Å². The maximum Gasteiger partial charge on any atom is 0.259 e. The average molecular weight is 469 g/mol. The van der Waals surface area contributed by atoms with Crippen molar-refractivity contribution in [2.75, 3.05) is 5.32 Å². The number of imidazole rings is 2. The van der Waals surface area contributed by atoms with Crippen LogP contribution >= 0.6 is 0 Å². The first-order valence-electron chi connectivity index (χ1n) is 11.8. The van der Waals surface area contributed by atoms with E-state index in [9.17, 15) is 9.18 Å². The standard InChI is InChI=1S/C27H25FN6O/c1-3-18-9-10-19-13-29-26(34(18)19)22-5-4-6-25(31-22)32-27(35)20-12-24(16(2)11-21(20)28)33-14-23(30-15-33)17-7-8-17/h3-6,11-15,17-18H,1,7-10H2,2H3,(H,31,32,35)/t18-/m1/s1. The van der Waals surface area contributed by atoms with E-state index in [-0.39, 0.29) is 11.6 Å². The summed E-state index contributed by atoms with van der Waals surface area (Å²) in [4.78, 5) is 26.7. The van der Waals surface area contributed by atoms with Gasteiger partial charge in [-0.15, -0.1) is 6.58 Å². The summed E-state index contributed by atoms with van der Waals surface area (Å²) in [6.45, 7) is 5.76. The SMILES string of the molecule is C=C[C@@H]1CCc2cnc(-c3cccc(NC(=O)c4cc(-n5cnc(C6CC6)c5)c(C)cc4F)n3)n21. The summed E-state index contributed by atoms with van der Waals surface area (Å²) in [5.74, 6) is 0.429. The molecule has 1 aliphatic heterocycles. The van der Waals surface area contributed by atoms with Crippen LogP contribution in [0, 0.1) is 12.7 Å². The van der Waals surface area contributed by atoms with Gasteiger partial charge in [0.2, 0.25) is 0 Å². The summed E-state index contributed by atoms with van der Waals surface area (Å²) < 4.78 is 18.8. The number of halogens is 1. The van der Waals surface area contributed by atoms with Gasteiger partial charge in [0.15, 0.2) is 5.82 Å². The molecule has 8 heteroatoms. The van der Waals surface area contributed by atoms with Gasteiger partial charge in [-0.05, 0) is 62.4 Å². The molecule has 2 aliphatic rings. The van der Waals surface area contributed by atoms with E-state index >= 15 is 0 Å². The number of allylic oxidation sites excluding steroid dienone is 1. The second-order valence-electron chi connectivity index (χ2n) is 9.25. The van der Waals surface area contributed by atoms with Crippen LogP contribution in [0.4, 0.5) is 10.2 Å². The van der Waals surface area contributed by atoms with Crippen LogP contribution in [-0.4, -0.2) is 30.0 Å². The molecule has 4 heterocycles. The summed E-state index contributed by atoms with van der Waals surface area (Å²) in [5.41, 5.74) is 4.21. The smallest absolute Gasteiger partial charge is 0.259 e. The number of carbonyl (C=O) groups is 1. The van der Waals surface area contributed by atoms with Crippen LogP contribution < -0.4 is 5.32 Å². The summed E-state index contributed by atoms with van der Waals surface area (Å²) in [5, 5.41) is 2.75. The first-order valence-corrected chi connectivity index (χ1v) is 11.8. The number of aromatic nitrogens is 5. The molecule has 6 rings (SSSR count). The van der Waals surface area contributed by atoms with Gasteiger partial charge < -0.3 is 14.5 Å². The first-order chi connectivity index (χ1) is 17.0. The fourth-order valence-corrected chi connectivity index (χ4v) is 4.77. The number of benzene rings is 1. The van der Waals surface area contributed by atoms with Gasteiger partial charge in [0.1, 0.15) is 17.3 Å². The van der Waals surface area contributed by atoms with Crippen molar-refractivity contribution in [1.82, 2.24) is 24.1 Å². The second kappa shape index (κ2) is 8.30. The minimum absolute atomic E-state index is 0.0482. The normalized spacial score (nSPS) is 16.8. The highest BCUT2D eigenvalue weighted by Crippen LogP contribution is 2.39. The monoisotopic (exact) mass is 468 g/mol. The van der Waals surface area contributed by atoms with Crippen molar-refractivity contribution < 1.29 is 9.18 Å². The van der Waals surface area contributed by atoms with Crippen LogP contribution in [0.1, 0.15) is 58.5 Å². The molecule has 1 saturated carbocycles. The van der Waals surface area contributed by atoms with Gasteiger partial charge in [0, 0.05) is 24.0 Å². The van der Waals surface area contributed by atoms with Crippen molar-refractivity contribution in [3.05, 3.63) is 90.0 Å². The molecule has 1 aliphatic carbocycles. The first kappa shape index (κ1) is 21.5. The minimum Gasteiger partial charge on any atom is -0.320 e. The molecule has 1 atom stereocenters. The fraction of sp³-hybridized carbons (Fsp3) is 0.259. The molecule has 1 N–H and O–H groups in total. The molecule has 0 saturated heterocycles. The minimum atomic E-state index is -0.581. The van der Waals surface area contributed by atoms with Crippen molar-refractivity contribution in [2.24, 2.45) is 0 Å². The van der Waals surface area contributed by atoms with Crippen LogP contribution in [0.5, 0.6) is 0 Å². The molecular formula is C27H25FN6O. The fourth-order valence-electron chi connectivity index (χ4n) is 4.77. The molecule has 1 amide bonds. The number of aryl methyl sites for hydroxylation is 2. The van der Waals surface area contributed by atoms with E-state index < -0.39 is 11.7 Å². The number of hydrogen-bond donors (Lipinski definition) is 1. The van der Waals surface area contributed by atoms with E-state index in [1.807, 2.05) is 36.0 Å². The van der Waals surface area contributed by atoms with Crippen molar-refractivity contribution in [1.29, 1.82) is 0 Å². The summed E-state index contributed by atoms with van der Waals surface area (Å²) in [6, 6.07) is 8.47. The number of nitrogens with zero attached hydrogens (tertiary/aromatic N) is 5. The summed E-state index contributed by atoms with van der Waals surface area (Å²) in [7, 11) is 0. The highest BCUT2D eigenvalue weighted by molar-refractivity contribution is 6.04. The number of hydrogen-bond acceptors (Lipinski definition) is 4. The zero-order valence-electron chi connectivity index (χ0n) is 19.4. The average Bonchev–Trinajstić information content (AvgIpc) is 3.25. The third kappa shape index (κ3) is 3.84. The molecule has 4 aromatic rings. The van der Waals surface area contributed by atoms with E-state index in [1.165, 1.54) is 6.07 Å². The lowest BCUT2D eigenvalue weighted by Gasteiger charge is -2.13. The van der Waals surface area contributed by atoms with E-state index in [0.29, 0.717) is 17.4 Å². The van der Waals surface area contributed by atoms with Gasteiger partial charge >= 0.3 is 0 Å². The third-order valence-electron chi connectivity index (χ3n) is 6.80. The predicted molar refractivity (Wildman–Crippen MR) is 131 cm³/mol. The number of rotatable bonds is 6. The molecule has 7 nitrogen and oxygen atoms in total. The molecule has 1 fully saturated rings. The lowest BCUT2D eigenvalue weighted by molar-refractivity contribution is 0.102. The number of fused-ring (bicyclic) bond motifs is 1. The van der Waals surface area contributed by atoms with Crippen molar-refractivity contribution in [3.63, 3.8) is 0 Å². The highest BCUT2D eigenvalue weighted by Gasteiger charge is 2.27. The topological polar surface area (TPSA) is 77.6 Å². The number of amides is 1. The largest absolute Gasteiger partial charge is 0.320 e. The molecule has 0 spiro atoms. The Morgan fingerprint density at radius 2 is 2.09 bits per heavy atom. The molecular weight excluding hydrogens is 443 g/mol. The van der Waals surface area contributed by atoms with Gasteiger partial charge in [-0.3, -0.25) is 4.79 Å². The Balaban J connectivity index is 1.28. The molecule has 3 aromatic heterocycles. The predicted octanol–water partition coefficient (Wildman–Crippen LogP) is 5.38. The van der Waals surface area contributed by atoms with E-state index in [2.05, 4.69) is 31.4 Å². The highest BCUT2D eigenvalue weighted by atomic mass is 19.1. The molecule has 0 unspecified atom stereocenters. The van der Waals surface area contributed by atoms with Crippen molar-refractivity contribution >= 4 is 11.7 Å². The second-order valence-corrected chi connectivity index (χ2v) is 9.25. The Morgan fingerprint density at radius 1 is 1.23 bits per heavy atom. The maximum atomic E-state index is 14.8. The van der Waals surface area contributed by atoms with Crippen LogP contribution in [-0.2, 0) is 6.42 Å². The van der Waals surface area contributed by atoms with Crippen LogP contribution in [0.15, 0.2) is 61.7 Å². The Hall–Kier alpha value is -4.07. The number of anilines is 1. The van der Waals surface area contributed by atoms with Crippen molar-refractivity contribution in [2.45, 2.75) is 44.6 Å². The van der Waals surface area contributed by atoms with Gasteiger partial charge in [-0.1, -0.05) is 12.1 Å². The van der Waals surface area contributed by atoms with Gasteiger partial charge in [0.25, 0.3) is 5.91 Å². The van der Waals surface area contributed by atoms with Crippen LogP contribution in [0.2, 0.25) is 0 Å². The number of pyridine rings is 1. The maximum absolute atomic E-state index is 14.8. The molecule has 0 bridgehead atoms. The zero-order chi connectivity index (χ0) is 24.1. The van der Waals surface area contributed by atoms with Crippen LogP contribution in [0.3, 0.4) is 0 Å². The summed E-state index contributed by atoms with van der Waals surface area (Å²) in [6.07, 6.45) is 11.7. The van der Waals surface area contributed by atoms with E-state index in [4.69, 9.17) is 0 Å². The Kier molecular flexibility index (Phi) is 5.09. The number of nitrogens with one attached hydrogen (secondary N) is 1. The zero-order valence-corrected chi connectivity index (χ0v) is 19.4. The Morgan fingerprint density at radius 3 is 2.89 bits per heavy atom. The lowest BCUT2D eigenvalue weighted by atomic mass is 10.1. The molecule has 1 aromatic carbocycles. The van der Waals surface area contributed by atoms with Gasteiger partial charge in [0.05, 0.1) is 29.3 Å². The van der Waals surface area contributed by atoms with Gasteiger partial charge in [-0.25, -0.2) is 19.3 Å². The molecule has 0 radical (unpaired) electrons. The lowest BCUT2D eigenvalue weighted by Crippen LogP contribution is -2.16. The van der Waals surface area contributed by atoms with Crippen LogP contribution in [0.25, 0.3) is 17.2 Å².